The molecule has 8 nitrogen and oxygen atoms in total. The lowest BCUT2D eigenvalue weighted by atomic mass is 9.85. The largest absolute Gasteiger partial charge is 0.393 e. The van der Waals surface area contributed by atoms with Gasteiger partial charge in [0.1, 0.15) is 0 Å². The van der Waals surface area contributed by atoms with Crippen LogP contribution in [-0.2, 0) is 27.4 Å². The maximum absolute atomic E-state index is 13.9. The van der Waals surface area contributed by atoms with Crippen LogP contribution >= 0.6 is 0 Å². The van der Waals surface area contributed by atoms with Crippen molar-refractivity contribution in [1.82, 2.24) is 20.1 Å². The Kier molecular flexibility index (Phi) is 9.02. The van der Waals surface area contributed by atoms with E-state index in [1.54, 1.807) is 7.11 Å². The molecule has 2 aliphatic carbocycles. The number of hydrogen-bond donors (Lipinski definition) is 3. The third-order valence-corrected chi connectivity index (χ3v) is 8.71. The minimum Gasteiger partial charge on any atom is -0.393 e. The zero-order chi connectivity index (χ0) is 26.5. The number of para-hydroxylation sites is 1. The number of hydrogen-bond acceptors (Lipinski definition) is 5. The summed E-state index contributed by atoms with van der Waals surface area (Å²) in [6.07, 6.45) is 9.46. The average Bonchev–Trinajstić information content (AvgIpc) is 3.73. The van der Waals surface area contributed by atoms with Gasteiger partial charge in [0.05, 0.1) is 17.9 Å². The van der Waals surface area contributed by atoms with Crippen molar-refractivity contribution in [3.8, 4) is 0 Å². The molecule has 2 heterocycles. The van der Waals surface area contributed by atoms with Crippen LogP contribution in [-0.4, -0.2) is 71.9 Å². The number of piperidine rings is 1. The fourth-order valence-corrected chi connectivity index (χ4v) is 6.34. The van der Waals surface area contributed by atoms with E-state index in [-0.39, 0.29) is 35.7 Å². The third kappa shape index (κ3) is 6.41. The molecule has 3 aliphatic rings. The Hall–Kier alpha value is -2.42. The lowest BCUT2D eigenvalue weighted by Crippen LogP contribution is -2.50. The number of nitrogens with zero attached hydrogens (tertiary/aromatic N) is 2. The molecule has 0 radical (unpaired) electrons. The van der Waals surface area contributed by atoms with Crippen LogP contribution in [0.1, 0.15) is 56.9 Å². The second-order valence-corrected chi connectivity index (χ2v) is 11.6. The summed E-state index contributed by atoms with van der Waals surface area (Å²) in [5.41, 5.74) is 2.38. The Labute approximate surface area is 226 Å². The number of benzene rings is 1. The van der Waals surface area contributed by atoms with E-state index >= 15 is 0 Å². The van der Waals surface area contributed by atoms with Gasteiger partial charge in [-0.05, 0) is 50.2 Å². The van der Waals surface area contributed by atoms with Crippen LogP contribution in [0.4, 0.5) is 0 Å². The van der Waals surface area contributed by atoms with E-state index in [4.69, 9.17) is 4.74 Å². The highest BCUT2D eigenvalue weighted by Gasteiger charge is 2.39. The molecule has 2 amide bonds. The smallest absolute Gasteiger partial charge is 0.227 e. The van der Waals surface area contributed by atoms with Gasteiger partial charge in [-0.15, -0.1) is 0 Å². The first-order valence-electron chi connectivity index (χ1n) is 14.6. The highest BCUT2D eigenvalue weighted by molar-refractivity contribution is 5.86. The molecule has 2 saturated carbocycles. The minimum absolute atomic E-state index is 0.00451. The summed E-state index contributed by atoms with van der Waals surface area (Å²) in [5, 5.41) is 17.9. The van der Waals surface area contributed by atoms with Gasteiger partial charge in [-0.2, -0.15) is 0 Å². The van der Waals surface area contributed by atoms with Gasteiger partial charge < -0.3 is 29.9 Å². The Morgan fingerprint density at radius 3 is 2.71 bits per heavy atom. The van der Waals surface area contributed by atoms with Gasteiger partial charge in [0, 0.05) is 75.5 Å². The molecule has 1 aliphatic heterocycles. The van der Waals surface area contributed by atoms with Gasteiger partial charge in [0.25, 0.3) is 0 Å². The van der Waals surface area contributed by atoms with Crippen molar-refractivity contribution in [3.63, 3.8) is 0 Å². The van der Waals surface area contributed by atoms with E-state index in [0.717, 1.165) is 58.1 Å². The first-order chi connectivity index (χ1) is 18.5. The normalized spacial score (nSPS) is 25.8. The van der Waals surface area contributed by atoms with Crippen molar-refractivity contribution < 1.29 is 19.4 Å². The molecular weight excluding hydrogens is 480 g/mol. The molecule has 0 bridgehead atoms. The number of aryl methyl sites for hydroxylation is 1. The maximum atomic E-state index is 13.9. The molecule has 1 saturated heterocycles. The number of fused-ring (bicyclic) bond motifs is 1. The predicted molar refractivity (Wildman–Crippen MR) is 147 cm³/mol. The average molecular weight is 525 g/mol. The number of ether oxygens (including phenoxy) is 1. The summed E-state index contributed by atoms with van der Waals surface area (Å²) in [7, 11) is 1.73. The molecule has 1 aromatic carbocycles. The van der Waals surface area contributed by atoms with Crippen LogP contribution in [0.2, 0.25) is 0 Å². The molecule has 0 spiro atoms. The van der Waals surface area contributed by atoms with Crippen molar-refractivity contribution in [3.05, 3.63) is 36.0 Å². The summed E-state index contributed by atoms with van der Waals surface area (Å²) in [6.45, 7) is 3.95. The molecule has 38 heavy (non-hydrogen) atoms. The first-order valence-corrected chi connectivity index (χ1v) is 14.6. The van der Waals surface area contributed by atoms with Crippen LogP contribution < -0.4 is 10.6 Å². The highest BCUT2D eigenvalue weighted by Crippen LogP contribution is 2.33. The summed E-state index contributed by atoms with van der Waals surface area (Å²) in [6, 6.07) is 8.72. The molecule has 4 atom stereocenters. The number of aromatic nitrogens is 1. The molecule has 1 aromatic heterocycles. The molecule has 5 rings (SSSR count). The third-order valence-electron chi connectivity index (χ3n) is 8.71. The van der Waals surface area contributed by atoms with E-state index in [0.29, 0.717) is 38.6 Å². The van der Waals surface area contributed by atoms with Gasteiger partial charge in [-0.1, -0.05) is 31.0 Å². The first kappa shape index (κ1) is 27.2. The minimum atomic E-state index is -0.319. The number of aliphatic hydroxyl groups excluding tert-OH is 1. The Balaban J connectivity index is 1.23. The number of carbonyl (C=O) groups excluding carboxylic acids is 2. The second kappa shape index (κ2) is 12.6. The number of nitrogens with one attached hydrogen (secondary N) is 2. The summed E-state index contributed by atoms with van der Waals surface area (Å²) in [5.74, 6) is -0.109. The van der Waals surface area contributed by atoms with Crippen LogP contribution in [0.25, 0.3) is 10.9 Å². The second-order valence-electron chi connectivity index (χ2n) is 11.6. The fourth-order valence-electron chi connectivity index (χ4n) is 6.34. The number of carbonyl (C=O) groups is 2. The molecule has 2 aromatic rings. The number of amides is 2. The van der Waals surface area contributed by atoms with Crippen LogP contribution in [0, 0.1) is 17.8 Å². The van der Waals surface area contributed by atoms with Crippen LogP contribution in [0.5, 0.6) is 0 Å². The Morgan fingerprint density at radius 1 is 1.13 bits per heavy atom. The number of rotatable bonds is 11. The van der Waals surface area contributed by atoms with Crippen LogP contribution in [0.3, 0.4) is 0 Å². The zero-order valence-electron chi connectivity index (χ0n) is 22.7. The topological polar surface area (TPSA) is 95.8 Å². The lowest BCUT2D eigenvalue weighted by molar-refractivity contribution is -0.138. The monoisotopic (exact) mass is 524 g/mol. The Morgan fingerprint density at radius 2 is 1.92 bits per heavy atom. The molecule has 8 heteroatoms. The fraction of sp³-hybridized carbons (Fsp3) is 0.667. The van der Waals surface area contributed by atoms with E-state index in [1.807, 2.05) is 0 Å². The van der Waals surface area contributed by atoms with Crippen molar-refractivity contribution in [2.75, 3.05) is 33.4 Å². The molecule has 208 valence electrons. The van der Waals surface area contributed by atoms with Crippen molar-refractivity contribution in [2.45, 2.75) is 76.6 Å². The zero-order valence-corrected chi connectivity index (χ0v) is 22.7. The number of aliphatic hydroxyl groups is 1. The SMILES string of the molecule is COCCCn1cc(CN(C(=O)[C@H]2CNC[C@@H](C(=O)NC[C@@H]3CCCC[C@H]3O)C2)C2CC2)c2ccccc21. The van der Waals surface area contributed by atoms with Gasteiger partial charge in [-0.25, -0.2) is 0 Å². The van der Waals surface area contributed by atoms with E-state index < -0.39 is 0 Å². The van der Waals surface area contributed by atoms with Crippen LogP contribution in [0.15, 0.2) is 30.5 Å². The molecule has 3 fully saturated rings. The maximum Gasteiger partial charge on any atom is 0.227 e. The van der Waals surface area contributed by atoms with Crippen molar-refractivity contribution in [2.24, 2.45) is 17.8 Å². The van der Waals surface area contributed by atoms with Crippen molar-refractivity contribution in [1.29, 1.82) is 0 Å². The predicted octanol–water partition coefficient (Wildman–Crippen LogP) is 3.06. The van der Waals surface area contributed by atoms with E-state index in [1.165, 1.54) is 16.5 Å². The molecule has 0 unspecified atom stereocenters. The quantitative estimate of drug-likeness (QED) is 0.393. The molecular formula is C30H44N4O4. The Bertz CT molecular complexity index is 1100. The van der Waals surface area contributed by atoms with Gasteiger partial charge in [0.2, 0.25) is 11.8 Å². The lowest BCUT2D eigenvalue weighted by Gasteiger charge is -2.33. The van der Waals surface area contributed by atoms with Gasteiger partial charge in [-0.3, -0.25) is 9.59 Å². The summed E-state index contributed by atoms with van der Waals surface area (Å²) in [4.78, 5) is 28.9. The number of methoxy groups -OCH3 is 1. The van der Waals surface area contributed by atoms with Gasteiger partial charge in [0.15, 0.2) is 0 Å². The van der Waals surface area contributed by atoms with Gasteiger partial charge >= 0.3 is 0 Å². The summed E-state index contributed by atoms with van der Waals surface area (Å²) >= 11 is 0. The summed E-state index contributed by atoms with van der Waals surface area (Å²) < 4.78 is 7.53. The highest BCUT2D eigenvalue weighted by atomic mass is 16.5. The molecule has 3 N–H and O–H groups in total. The van der Waals surface area contributed by atoms with E-state index in [9.17, 15) is 14.7 Å². The van der Waals surface area contributed by atoms with E-state index in [2.05, 4.69) is 50.6 Å². The van der Waals surface area contributed by atoms with Crippen molar-refractivity contribution >= 4 is 22.7 Å². The standard InChI is InChI=1S/C30H44N4O4/c1-38-14-6-13-33-19-24(26-8-3-4-9-27(26)33)20-34(25-11-12-25)30(37)23-15-22(16-31-17-23)29(36)32-18-21-7-2-5-10-28(21)35/h3-4,8-9,19,21-23,25,28,31,35H,2,5-7,10-18,20H2,1H3,(H,32,36)/t21-,22-,23+,28+/m0/s1.